The molecule has 0 aliphatic carbocycles. The van der Waals surface area contributed by atoms with Crippen LogP contribution in [0.2, 0.25) is 0 Å². The van der Waals surface area contributed by atoms with Gasteiger partial charge in [0.2, 0.25) is 0 Å². The van der Waals surface area contributed by atoms with Crippen LogP contribution in [0.4, 0.5) is 10.5 Å². The van der Waals surface area contributed by atoms with Crippen LogP contribution in [0.15, 0.2) is 97.1 Å². The maximum atomic E-state index is 13.3. The molecule has 1 aliphatic heterocycles. The summed E-state index contributed by atoms with van der Waals surface area (Å²) in [6.45, 7) is 0.441. The van der Waals surface area contributed by atoms with E-state index in [0.29, 0.717) is 12.1 Å². The molecule has 1 aliphatic rings. The lowest BCUT2D eigenvalue weighted by Gasteiger charge is -2.37. The Morgan fingerprint density at radius 1 is 0.806 bits per heavy atom. The van der Waals surface area contributed by atoms with Crippen molar-refractivity contribution in [2.75, 3.05) is 5.32 Å². The van der Waals surface area contributed by atoms with Crippen molar-refractivity contribution in [1.29, 1.82) is 0 Å². The molecule has 5 rings (SSSR count). The standard InChI is InChI=1S/C27H22N2O2/c30-26(22-15-14-20-10-4-5-11-21(20)16-22)17-25-23-12-6-7-13-24(23)28-27(31)29(25)18-19-8-2-1-3-9-19/h1-16,25H,17-18H2,(H,28,31). The predicted octanol–water partition coefficient (Wildman–Crippen LogP) is 6.20. The summed E-state index contributed by atoms with van der Waals surface area (Å²) in [5, 5.41) is 5.12. The Hall–Kier alpha value is -3.92. The normalized spacial score (nSPS) is 15.4. The van der Waals surface area contributed by atoms with Crippen LogP contribution in [0.5, 0.6) is 0 Å². The zero-order valence-electron chi connectivity index (χ0n) is 17.0. The molecule has 4 heteroatoms. The number of hydrogen-bond acceptors (Lipinski definition) is 2. The summed E-state index contributed by atoms with van der Waals surface area (Å²) in [6, 6.07) is 30.9. The highest BCUT2D eigenvalue weighted by atomic mass is 16.2. The van der Waals surface area contributed by atoms with E-state index in [1.54, 1.807) is 4.90 Å². The Morgan fingerprint density at radius 2 is 1.52 bits per heavy atom. The third-order valence-electron chi connectivity index (χ3n) is 5.84. The average molecular weight is 406 g/mol. The fourth-order valence-electron chi connectivity index (χ4n) is 4.24. The number of nitrogens with zero attached hydrogens (tertiary/aromatic N) is 1. The molecule has 0 fully saturated rings. The number of benzene rings is 4. The number of ketones is 1. The summed E-state index contributed by atoms with van der Waals surface area (Å²) in [7, 11) is 0. The average Bonchev–Trinajstić information content (AvgIpc) is 2.81. The topological polar surface area (TPSA) is 49.4 Å². The van der Waals surface area contributed by atoms with Crippen LogP contribution in [-0.4, -0.2) is 16.7 Å². The molecule has 0 spiro atoms. The second kappa shape index (κ2) is 8.07. The number of urea groups is 1. The van der Waals surface area contributed by atoms with Crippen LogP contribution in [0, 0.1) is 0 Å². The van der Waals surface area contributed by atoms with Gasteiger partial charge in [-0.05, 0) is 34.0 Å². The minimum Gasteiger partial charge on any atom is -0.313 e. The van der Waals surface area contributed by atoms with Gasteiger partial charge < -0.3 is 10.2 Å². The molecule has 4 nitrogen and oxygen atoms in total. The Bertz CT molecular complexity index is 1270. The van der Waals surface area contributed by atoms with Gasteiger partial charge in [-0.3, -0.25) is 4.79 Å². The highest BCUT2D eigenvalue weighted by Crippen LogP contribution is 2.37. The summed E-state index contributed by atoms with van der Waals surface area (Å²) in [4.78, 5) is 28.0. The second-order valence-electron chi connectivity index (χ2n) is 7.84. The number of carbonyl (C=O) groups excluding carboxylic acids is 2. The van der Waals surface area contributed by atoms with Crippen molar-refractivity contribution in [2.45, 2.75) is 19.0 Å². The van der Waals surface area contributed by atoms with E-state index in [-0.39, 0.29) is 24.3 Å². The first kappa shape index (κ1) is 19.1. The lowest BCUT2D eigenvalue weighted by molar-refractivity contribution is 0.0933. The zero-order chi connectivity index (χ0) is 21.2. The molecule has 2 amide bonds. The number of anilines is 1. The van der Waals surface area contributed by atoms with Crippen molar-refractivity contribution in [3.05, 3.63) is 114 Å². The molecule has 0 radical (unpaired) electrons. The number of carbonyl (C=O) groups is 2. The van der Waals surface area contributed by atoms with Crippen molar-refractivity contribution >= 4 is 28.3 Å². The van der Waals surface area contributed by atoms with E-state index < -0.39 is 0 Å². The molecule has 1 heterocycles. The first-order valence-electron chi connectivity index (χ1n) is 10.4. The van der Waals surface area contributed by atoms with Crippen LogP contribution in [0.1, 0.15) is 33.9 Å². The number of nitrogens with one attached hydrogen (secondary N) is 1. The predicted molar refractivity (Wildman–Crippen MR) is 123 cm³/mol. The molecule has 0 saturated heterocycles. The molecule has 1 N–H and O–H groups in total. The van der Waals surface area contributed by atoms with Crippen molar-refractivity contribution in [3.8, 4) is 0 Å². The van der Waals surface area contributed by atoms with Gasteiger partial charge in [0.25, 0.3) is 0 Å². The summed E-state index contributed by atoms with van der Waals surface area (Å²) < 4.78 is 0. The maximum absolute atomic E-state index is 13.3. The summed E-state index contributed by atoms with van der Waals surface area (Å²) >= 11 is 0. The quantitative estimate of drug-likeness (QED) is 0.401. The smallest absolute Gasteiger partial charge is 0.313 e. The van der Waals surface area contributed by atoms with Gasteiger partial charge in [0.05, 0.1) is 6.04 Å². The maximum Gasteiger partial charge on any atom is 0.322 e. The molecule has 31 heavy (non-hydrogen) atoms. The van der Waals surface area contributed by atoms with Crippen LogP contribution in [0.25, 0.3) is 10.8 Å². The number of Topliss-reactive ketones (excluding diaryl/α,β-unsaturated/α-hetero) is 1. The molecular weight excluding hydrogens is 384 g/mol. The number of fused-ring (bicyclic) bond motifs is 2. The molecule has 152 valence electrons. The Labute approximate surface area is 181 Å². The van der Waals surface area contributed by atoms with Crippen molar-refractivity contribution < 1.29 is 9.59 Å². The fraction of sp³-hybridized carbons (Fsp3) is 0.111. The SMILES string of the molecule is O=C(CC1c2ccccc2NC(=O)N1Cc1ccccc1)c1ccc2ccccc2c1. The number of amides is 2. The van der Waals surface area contributed by atoms with Gasteiger partial charge in [-0.15, -0.1) is 0 Å². The molecule has 4 aromatic rings. The first-order chi connectivity index (χ1) is 15.2. The largest absolute Gasteiger partial charge is 0.322 e. The van der Waals surface area contributed by atoms with E-state index in [0.717, 1.165) is 27.6 Å². The van der Waals surface area contributed by atoms with E-state index >= 15 is 0 Å². The fourth-order valence-corrected chi connectivity index (χ4v) is 4.24. The van der Waals surface area contributed by atoms with Gasteiger partial charge in [0, 0.05) is 24.2 Å². The van der Waals surface area contributed by atoms with Gasteiger partial charge in [-0.2, -0.15) is 0 Å². The van der Waals surface area contributed by atoms with Gasteiger partial charge in [0.1, 0.15) is 0 Å². The van der Waals surface area contributed by atoms with Gasteiger partial charge in [-0.1, -0.05) is 84.9 Å². The van der Waals surface area contributed by atoms with Gasteiger partial charge in [0.15, 0.2) is 5.78 Å². The van der Waals surface area contributed by atoms with Crippen LogP contribution in [-0.2, 0) is 6.54 Å². The van der Waals surface area contributed by atoms with Crippen LogP contribution in [0.3, 0.4) is 0 Å². The molecule has 4 aromatic carbocycles. The lowest BCUT2D eigenvalue weighted by atomic mass is 9.92. The Kier molecular flexibility index (Phi) is 4.97. The van der Waals surface area contributed by atoms with E-state index in [1.807, 2.05) is 97.1 Å². The molecule has 1 unspecified atom stereocenters. The molecule has 0 saturated carbocycles. The van der Waals surface area contributed by atoms with Gasteiger partial charge in [-0.25, -0.2) is 4.79 Å². The van der Waals surface area contributed by atoms with Crippen LogP contribution < -0.4 is 5.32 Å². The van der Waals surface area contributed by atoms with Crippen molar-refractivity contribution in [2.24, 2.45) is 0 Å². The highest BCUT2D eigenvalue weighted by molar-refractivity contribution is 6.01. The molecule has 1 atom stereocenters. The van der Waals surface area contributed by atoms with E-state index in [9.17, 15) is 9.59 Å². The lowest BCUT2D eigenvalue weighted by Crippen LogP contribution is -2.42. The number of para-hydroxylation sites is 1. The monoisotopic (exact) mass is 406 g/mol. The minimum atomic E-state index is -0.330. The van der Waals surface area contributed by atoms with Crippen LogP contribution >= 0.6 is 0 Å². The third kappa shape index (κ3) is 3.80. The van der Waals surface area contributed by atoms with Crippen molar-refractivity contribution in [3.63, 3.8) is 0 Å². The summed E-state index contributed by atoms with van der Waals surface area (Å²) in [5.74, 6) is 0.0262. The Morgan fingerprint density at radius 3 is 2.35 bits per heavy atom. The van der Waals surface area contributed by atoms with Gasteiger partial charge >= 0.3 is 6.03 Å². The summed E-state index contributed by atoms with van der Waals surface area (Å²) in [6.07, 6.45) is 0.232. The third-order valence-corrected chi connectivity index (χ3v) is 5.84. The first-order valence-corrected chi connectivity index (χ1v) is 10.4. The molecule has 0 aromatic heterocycles. The number of rotatable bonds is 5. The van der Waals surface area contributed by atoms with E-state index in [1.165, 1.54) is 0 Å². The second-order valence-corrected chi connectivity index (χ2v) is 7.84. The zero-order valence-corrected chi connectivity index (χ0v) is 17.0. The molecule has 0 bridgehead atoms. The van der Waals surface area contributed by atoms with Crippen molar-refractivity contribution in [1.82, 2.24) is 4.90 Å². The highest BCUT2D eigenvalue weighted by Gasteiger charge is 2.33. The minimum absolute atomic E-state index is 0.0262. The van der Waals surface area contributed by atoms with E-state index in [2.05, 4.69) is 5.32 Å². The summed E-state index contributed by atoms with van der Waals surface area (Å²) in [5.41, 5.74) is 3.43. The Balaban J connectivity index is 1.49. The molecular formula is C27H22N2O2. The number of hydrogen-bond donors (Lipinski definition) is 1. The van der Waals surface area contributed by atoms with E-state index in [4.69, 9.17) is 0 Å².